The molecule has 1 aliphatic carbocycles. The van der Waals surface area contributed by atoms with Gasteiger partial charge in [0.25, 0.3) is 0 Å². The third-order valence-electron chi connectivity index (χ3n) is 3.69. The molecule has 0 aliphatic heterocycles. The van der Waals surface area contributed by atoms with Crippen LogP contribution in [0.5, 0.6) is 6.01 Å². The van der Waals surface area contributed by atoms with E-state index in [0.717, 1.165) is 35.9 Å². The Bertz CT molecular complexity index is 398. The molecule has 0 aromatic carbocycles. The van der Waals surface area contributed by atoms with E-state index in [4.69, 9.17) is 10.5 Å². The van der Waals surface area contributed by atoms with Crippen molar-refractivity contribution in [2.45, 2.75) is 52.7 Å². The predicted octanol–water partition coefficient (Wildman–Crippen LogP) is 2.45. The van der Waals surface area contributed by atoms with Gasteiger partial charge in [0, 0.05) is 24.0 Å². The van der Waals surface area contributed by atoms with E-state index in [9.17, 15) is 0 Å². The Morgan fingerprint density at radius 1 is 1.28 bits per heavy atom. The smallest absolute Gasteiger partial charge is 0.316 e. The fourth-order valence-electron chi connectivity index (χ4n) is 2.85. The van der Waals surface area contributed by atoms with Gasteiger partial charge in [0.05, 0.1) is 0 Å². The molecule has 1 heterocycles. The Balaban J connectivity index is 2.02. The van der Waals surface area contributed by atoms with Crippen molar-refractivity contribution in [2.75, 3.05) is 0 Å². The average Bonchev–Trinajstić information content (AvgIpc) is 2.27. The van der Waals surface area contributed by atoms with E-state index in [1.165, 1.54) is 6.42 Å². The average molecular weight is 249 g/mol. The quantitative estimate of drug-likeness (QED) is 0.893. The Hall–Kier alpha value is -1.16. The summed E-state index contributed by atoms with van der Waals surface area (Å²) in [6.07, 6.45) is 5.53. The Labute approximate surface area is 109 Å². The zero-order chi connectivity index (χ0) is 13.1. The highest BCUT2D eigenvalue weighted by atomic mass is 16.5. The van der Waals surface area contributed by atoms with Crippen LogP contribution in [0, 0.1) is 18.8 Å². The lowest BCUT2D eigenvalue weighted by Crippen LogP contribution is -2.29. The van der Waals surface area contributed by atoms with Crippen LogP contribution in [0.25, 0.3) is 0 Å². The van der Waals surface area contributed by atoms with E-state index < -0.39 is 0 Å². The molecule has 0 spiro atoms. The van der Waals surface area contributed by atoms with Crippen molar-refractivity contribution in [2.24, 2.45) is 17.6 Å². The van der Waals surface area contributed by atoms with Crippen LogP contribution < -0.4 is 10.5 Å². The molecule has 2 rings (SSSR count). The number of aromatic nitrogens is 2. The molecular weight excluding hydrogens is 226 g/mol. The lowest BCUT2D eigenvalue weighted by atomic mass is 9.82. The molecule has 1 aliphatic rings. The molecule has 2 unspecified atom stereocenters. The van der Waals surface area contributed by atoms with Crippen LogP contribution in [-0.2, 0) is 6.54 Å². The van der Waals surface area contributed by atoms with Gasteiger partial charge in [-0.1, -0.05) is 13.8 Å². The first kappa shape index (κ1) is 13.3. The van der Waals surface area contributed by atoms with Crippen molar-refractivity contribution in [1.82, 2.24) is 9.97 Å². The number of nitrogens with zero attached hydrogens (tertiary/aromatic N) is 2. The molecule has 1 aromatic heterocycles. The minimum Gasteiger partial charge on any atom is -0.460 e. The zero-order valence-electron chi connectivity index (χ0n) is 11.5. The van der Waals surface area contributed by atoms with Crippen molar-refractivity contribution in [3.05, 3.63) is 17.5 Å². The highest BCUT2D eigenvalue weighted by Gasteiger charge is 2.25. The molecule has 1 aromatic rings. The van der Waals surface area contributed by atoms with Gasteiger partial charge < -0.3 is 10.5 Å². The summed E-state index contributed by atoms with van der Waals surface area (Å²) in [5.41, 5.74) is 7.50. The van der Waals surface area contributed by atoms with Gasteiger partial charge in [-0.2, -0.15) is 0 Å². The van der Waals surface area contributed by atoms with Gasteiger partial charge in [-0.15, -0.1) is 0 Å². The van der Waals surface area contributed by atoms with Crippen LogP contribution in [-0.4, -0.2) is 16.1 Å². The summed E-state index contributed by atoms with van der Waals surface area (Å²) >= 11 is 0. The summed E-state index contributed by atoms with van der Waals surface area (Å²) in [7, 11) is 0. The van der Waals surface area contributed by atoms with E-state index in [2.05, 4.69) is 23.8 Å². The second kappa shape index (κ2) is 5.65. The van der Waals surface area contributed by atoms with Crippen LogP contribution in [0.15, 0.2) is 6.20 Å². The van der Waals surface area contributed by atoms with E-state index in [-0.39, 0.29) is 6.10 Å². The normalized spacial score (nSPS) is 28.1. The SMILES string of the molecule is Cc1nc(OC2CC(C)CC(C)C2)ncc1CN. The van der Waals surface area contributed by atoms with Crippen molar-refractivity contribution in [1.29, 1.82) is 0 Å². The fourth-order valence-corrected chi connectivity index (χ4v) is 2.85. The molecule has 18 heavy (non-hydrogen) atoms. The van der Waals surface area contributed by atoms with Crippen molar-refractivity contribution in [3.8, 4) is 6.01 Å². The third kappa shape index (κ3) is 3.19. The highest BCUT2D eigenvalue weighted by Crippen LogP contribution is 2.30. The molecule has 0 bridgehead atoms. The lowest BCUT2D eigenvalue weighted by Gasteiger charge is -2.31. The minimum atomic E-state index is 0.256. The molecule has 4 nitrogen and oxygen atoms in total. The van der Waals surface area contributed by atoms with Crippen molar-refractivity contribution in [3.63, 3.8) is 0 Å². The molecule has 0 radical (unpaired) electrons. The topological polar surface area (TPSA) is 61.0 Å². The van der Waals surface area contributed by atoms with Gasteiger partial charge in [0.15, 0.2) is 0 Å². The van der Waals surface area contributed by atoms with Crippen LogP contribution in [0.4, 0.5) is 0 Å². The van der Waals surface area contributed by atoms with Gasteiger partial charge in [0.1, 0.15) is 6.10 Å². The number of aryl methyl sites for hydroxylation is 1. The number of rotatable bonds is 3. The first-order valence-electron chi connectivity index (χ1n) is 6.77. The number of ether oxygens (including phenoxy) is 1. The third-order valence-corrected chi connectivity index (χ3v) is 3.69. The molecule has 0 saturated heterocycles. The van der Waals surface area contributed by atoms with Crippen molar-refractivity contribution < 1.29 is 4.74 Å². The second-order valence-corrected chi connectivity index (χ2v) is 5.62. The summed E-state index contributed by atoms with van der Waals surface area (Å²) in [6.45, 7) is 7.00. The van der Waals surface area contributed by atoms with Crippen LogP contribution in [0.2, 0.25) is 0 Å². The van der Waals surface area contributed by atoms with E-state index >= 15 is 0 Å². The Morgan fingerprint density at radius 2 is 1.94 bits per heavy atom. The zero-order valence-corrected chi connectivity index (χ0v) is 11.5. The van der Waals surface area contributed by atoms with Gasteiger partial charge in [-0.25, -0.2) is 9.97 Å². The number of nitrogens with two attached hydrogens (primary N) is 1. The molecule has 4 heteroatoms. The second-order valence-electron chi connectivity index (χ2n) is 5.62. The molecular formula is C14H23N3O. The van der Waals surface area contributed by atoms with Gasteiger partial charge >= 0.3 is 6.01 Å². The van der Waals surface area contributed by atoms with Crippen LogP contribution in [0.1, 0.15) is 44.4 Å². The van der Waals surface area contributed by atoms with Crippen LogP contribution >= 0.6 is 0 Å². The first-order chi connectivity index (χ1) is 8.58. The van der Waals surface area contributed by atoms with Crippen LogP contribution in [0.3, 0.4) is 0 Å². The Morgan fingerprint density at radius 3 is 2.50 bits per heavy atom. The molecule has 100 valence electrons. The molecule has 1 fully saturated rings. The minimum absolute atomic E-state index is 0.256. The first-order valence-corrected chi connectivity index (χ1v) is 6.77. The maximum atomic E-state index is 5.91. The maximum absolute atomic E-state index is 5.91. The number of hydrogen-bond donors (Lipinski definition) is 1. The van der Waals surface area contributed by atoms with E-state index in [0.29, 0.717) is 12.6 Å². The molecule has 2 atom stereocenters. The summed E-state index contributed by atoms with van der Waals surface area (Å²) in [6, 6.07) is 0.496. The summed E-state index contributed by atoms with van der Waals surface area (Å²) in [4.78, 5) is 8.62. The van der Waals surface area contributed by atoms with E-state index in [1.54, 1.807) is 6.20 Å². The highest BCUT2D eigenvalue weighted by molar-refractivity contribution is 5.17. The molecule has 0 amide bonds. The van der Waals surface area contributed by atoms with Gasteiger partial charge in [-0.3, -0.25) is 0 Å². The van der Waals surface area contributed by atoms with Crippen molar-refractivity contribution >= 4 is 0 Å². The Kier molecular flexibility index (Phi) is 4.17. The summed E-state index contributed by atoms with van der Waals surface area (Å²) < 4.78 is 5.91. The molecule has 2 N–H and O–H groups in total. The fraction of sp³-hybridized carbons (Fsp3) is 0.714. The van der Waals surface area contributed by atoms with Gasteiger partial charge in [-0.05, 0) is 38.0 Å². The number of hydrogen-bond acceptors (Lipinski definition) is 4. The standard InChI is InChI=1S/C14H23N3O/c1-9-4-10(2)6-13(5-9)18-14-16-8-12(7-15)11(3)17-14/h8-10,13H,4-7,15H2,1-3H3. The largest absolute Gasteiger partial charge is 0.460 e. The molecule has 1 saturated carbocycles. The maximum Gasteiger partial charge on any atom is 0.316 e. The monoisotopic (exact) mass is 249 g/mol. The summed E-state index contributed by atoms with van der Waals surface area (Å²) in [5.74, 6) is 1.45. The summed E-state index contributed by atoms with van der Waals surface area (Å²) in [5, 5.41) is 0. The predicted molar refractivity (Wildman–Crippen MR) is 71.3 cm³/mol. The van der Waals surface area contributed by atoms with E-state index in [1.807, 2.05) is 6.92 Å². The van der Waals surface area contributed by atoms with Gasteiger partial charge in [0.2, 0.25) is 0 Å². The lowest BCUT2D eigenvalue weighted by molar-refractivity contribution is 0.0917.